The Morgan fingerprint density at radius 1 is 1.17 bits per heavy atom. The monoisotopic (exact) mass is 337 g/mol. The Hall–Kier alpha value is -1.02. The summed E-state index contributed by atoms with van der Waals surface area (Å²) in [4.78, 5) is 9.14. The van der Waals surface area contributed by atoms with Gasteiger partial charge in [0, 0.05) is 52.4 Å². The van der Waals surface area contributed by atoms with Gasteiger partial charge in [-0.25, -0.2) is 0 Å². The minimum Gasteiger partial charge on any atom is -0.357 e. The van der Waals surface area contributed by atoms with E-state index in [0.29, 0.717) is 25.0 Å². The molecule has 2 N–H and O–H groups in total. The van der Waals surface area contributed by atoms with Gasteiger partial charge >= 0.3 is 6.18 Å². The number of halogens is 3. The van der Waals surface area contributed by atoms with E-state index in [0.717, 1.165) is 32.7 Å². The molecule has 0 aromatic heterocycles. The maximum absolute atomic E-state index is 12.2. The van der Waals surface area contributed by atoms with E-state index in [1.54, 1.807) is 0 Å². The number of alkyl halides is 3. The number of nitrogens with zero attached hydrogens (tertiary/aromatic N) is 3. The first kappa shape index (κ1) is 20.0. The third-order valence-corrected chi connectivity index (χ3v) is 3.77. The van der Waals surface area contributed by atoms with Gasteiger partial charge in [0.1, 0.15) is 0 Å². The summed E-state index contributed by atoms with van der Waals surface area (Å²) in [6.07, 6.45) is -4.99. The Kier molecular flexibility index (Phi) is 8.68. The topological polar surface area (TPSA) is 42.9 Å². The molecular weight excluding hydrogens is 307 g/mol. The summed E-state index contributed by atoms with van der Waals surface area (Å²) in [7, 11) is 2.13. The molecule has 1 saturated heterocycles. The van der Waals surface area contributed by atoms with Crippen LogP contribution in [-0.4, -0.2) is 81.3 Å². The molecule has 0 bridgehead atoms. The van der Waals surface area contributed by atoms with Crippen LogP contribution in [0.3, 0.4) is 0 Å². The number of piperazine rings is 1. The van der Waals surface area contributed by atoms with Crippen molar-refractivity contribution < 1.29 is 13.2 Å². The van der Waals surface area contributed by atoms with Crippen LogP contribution in [0.1, 0.15) is 20.3 Å². The maximum Gasteiger partial charge on any atom is 0.390 e. The third kappa shape index (κ3) is 9.65. The highest BCUT2D eigenvalue weighted by Gasteiger charge is 2.26. The van der Waals surface area contributed by atoms with Gasteiger partial charge in [0.05, 0.1) is 6.42 Å². The van der Waals surface area contributed by atoms with Crippen LogP contribution in [0.15, 0.2) is 4.99 Å². The standard InChI is InChI=1S/C15H30F3N5/c1-4-19-14(20-6-5-15(16,17)18)21-11-13(2)12-23-9-7-22(3)8-10-23/h13H,4-12H2,1-3H3,(H2,19,20,21). The van der Waals surface area contributed by atoms with Crippen LogP contribution < -0.4 is 10.6 Å². The summed E-state index contributed by atoms with van der Waals surface area (Å²) in [5.74, 6) is 0.832. The number of guanidine groups is 1. The van der Waals surface area contributed by atoms with Crippen molar-refractivity contribution in [3.8, 4) is 0 Å². The molecule has 0 amide bonds. The van der Waals surface area contributed by atoms with Crippen molar-refractivity contribution in [3.05, 3.63) is 0 Å². The van der Waals surface area contributed by atoms with Crippen LogP contribution in [0, 0.1) is 5.92 Å². The fourth-order valence-electron chi connectivity index (χ4n) is 2.44. The summed E-state index contributed by atoms with van der Waals surface area (Å²) < 4.78 is 36.6. The minimum atomic E-state index is -4.14. The molecule has 1 aliphatic rings. The number of likely N-dealkylation sites (N-methyl/N-ethyl adjacent to an activating group) is 1. The van der Waals surface area contributed by atoms with Crippen molar-refractivity contribution in [1.82, 2.24) is 20.4 Å². The predicted octanol–water partition coefficient (Wildman–Crippen LogP) is 1.38. The molecule has 1 atom stereocenters. The van der Waals surface area contributed by atoms with E-state index in [1.165, 1.54) is 0 Å². The molecule has 0 aromatic rings. The molecule has 1 unspecified atom stereocenters. The lowest BCUT2D eigenvalue weighted by Gasteiger charge is -2.33. The Bertz CT molecular complexity index is 352. The van der Waals surface area contributed by atoms with E-state index in [1.807, 2.05) is 6.92 Å². The fourth-order valence-corrected chi connectivity index (χ4v) is 2.44. The molecule has 1 aliphatic heterocycles. The lowest BCUT2D eigenvalue weighted by molar-refractivity contribution is -0.132. The summed E-state index contributed by atoms with van der Waals surface area (Å²) in [5.41, 5.74) is 0. The molecule has 0 spiro atoms. The van der Waals surface area contributed by atoms with Crippen LogP contribution in [0.4, 0.5) is 13.2 Å². The average molecular weight is 337 g/mol. The predicted molar refractivity (Wildman–Crippen MR) is 87.8 cm³/mol. The molecule has 1 rings (SSSR count). The first-order valence-corrected chi connectivity index (χ1v) is 8.30. The van der Waals surface area contributed by atoms with Crippen molar-refractivity contribution in [2.24, 2.45) is 10.9 Å². The molecule has 1 heterocycles. The molecule has 1 fully saturated rings. The Balaban J connectivity index is 2.33. The molecule has 0 radical (unpaired) electrons. The van der Waals surface area contributed by atoms with Gasteiger partial charge in [-0.3, -0.25) is 4.99 Å². The Morgan fingerprint density at radius 3 is 2.39 bits per heavy atom. The van der Waals surface area contributed by atoms with Crippen LogP contribution in [0.25, 0.3) is 0 Å². The minimum absolute atomic E-state index is 0.151. The number of nitrogens with one attached hydrogen (secondary N) is 2. The molecule has 0 saturated carbocycles. The van der Waals surface area contributed by atoms with Gasteiger partial charge in [0.25, 0.3) is 0 Å². The van der Waals surface area contributed by atoms with Gasteiger partial charge in [-0.15, -0.1) is 0 Å². The molecule has 5 nitrogen and oxygen atoms in total. The number of rotatable bonds is 7. The second kappa shape index (κ2) is 9.97. The van der Waals surface area contributed by atoms with Gasteiger partial charge in [-0.2, -0.15) is 13.2 Å². The quantitative estimate of drug-likeness (QED) is 0.544. The van der Waals surface area contributed by atoms with Crippen molar-refractivity contribution in [2.75, 3.05) is 59.4 Å². The fraction of sp³-hybridized carbons (Fsp3) is 0.933. The van der Waals surface area contributed by atoms with E-state index < -0.39 is 12.6 Å². The lowest BCUT2D eigenvalue weighted by Crippen LogP contribution is -2.46. The zero-order chi connectivity index (χ0) is 17.3. The van der Waals surface area contributed by atoms with Crippen LogP contribution in [0.5, 0.6) is 0 Å². The van der Waals surface area contributed by atoms with E-state index in [9.17, 15) is 13.2 Å². The summed E-state index contributed by atoms with van der Waals surface area (Å²) >= 11 is 0. The SMILES string of the molecule is CCNC(=NCC(C)CN1CCN(C)CC1)NCCC(F)(F)F. The van der Waals surface area contributed by atoms with Gasteiger partial charge in [0.15, 0.2) is 5.96 Å². The highest BCUT2D eigenvalue weighted by Crippen LogP contribution is 2.18. The van der Waals surface area contributed by atoms with E-state index in [2.05, 4.69) is 39.4 Å². The van der Waals surface area contributed by atoms with Gasteiger partial charge < -0.3 is 20.4 Å². The second-order valence-electron chi connectivity index (χ2n) is 6.22. The molecule has 136 valence electrons. The first-order valence-electron chi connectivity index (χ1n) is 8.30. The average Bonchev–Trinajstić information content (AvgIpc) is 2.46. The van der Waals surface area contributed by atoms with Crippen LogP contribution in [0.2, 0.25) is 0 Å². The van der Waals surface area contributed by atoms with Crippen LogP contribution in [-0.2, 0) is 0 Å². The summed E-state index contributed by atoms with van der Waals surface area (Å²) in [6, 6.07) is 0. The first-order chi connectivity index (χ1) is 10.8. The zero-order valence-corrected chi connectivity index (χ0v) is 14.4. The number of aliphatic imine (C=N–C) groups is 1. The summed E-state index contributed by atoms with van der Waals surface area (Å²) in [6.45, 7) is 10.4. The number of hydrogen-bond donors (Lipinski definition) is 2. The zero-order valence-electron chi connectivity index (χ0n) is 14.4. The second-order valence-corrected chi connectivity index (χ2v) is 6.22. The highest BCUT2D eigenvalue weighted by molar-refractivity contribution is 5.79. The largest absolute Gasteiger partial charge is 0.390 e. The highest BCUT2D eigenvalue weighted by atomic mass is 19.4. The van der Waals surface area contributed by atoms with Gasteiger partial charge in [-0.05, 0) is 19.9 Å². The van der Waals surface area contributed by atoms with Crippen molar-refractivity contribution in [3.63, 3.8) is 0 Å². The van der Waals surface area contributed by atoms with E-state index in [4.69, 9.17) is 0 Å². The molecule has 8 heteroatoms. The maximum atomic E-state index is 12.2. The van der Waals surface area contributed by atoms with Gasteiger partial charge in [-0.1, -0.05) is 6.92 Å². The van der Waals surface area contributed by atoms with Crippen molar-refractivity contribution in [2.45, 2.75) is 26.4 Å². The normalized spacial score (nSPS) is 19.7. The van der Waals surface area contributed by atoms with Crippen LogP contribution >= 0.6 is 0 Å². The molecule has 23 heavy (non-hydrogen) atoms. The van der Waals surface area contributed by atoms with Crippen molar-refractivity contribution in [1.29, 1.82) is 0 Å². The molecule has 0 aliphatic carbocycles. The molecule has 0 aromatic carbocycles. The third-order valence-electron chi connectivity index (χ3n) is 3.77. The van der Waals surface area contributed by atoms with Gasteiger partial charge in [0.2, 0.25) is 0 Å². The van der Waals surface area contributed by atoms with E-state index in [-0.39, 0.29) is 6.54 Å². The smallest absolute Gasteiger partial charge is 0.357 e. The summed E-state index contributed by atoms with van der Waals surface area (Å²) in [5, 5.41) is 5.73. The van der Waals surface area contributed by atoms with Crippen molar-refractivity contribution >= 4 is 5.96 Å². The Morgan fingerprint density at radius 2 is 1.83 bits per heavy atom. The number of hydrogen-bond acceptors (Lipinski definition) is 3. The lowest BCUT2D eigenvalue weighted by atomic mass is 10.1. The Labute approximate surface area is 137 Å². The molecular formula is C15H30F3N5. The van der Waals surface area contributed by atoms with E-state index >= 15 is 0 Å².